The third-order valence-corrected chi connectivity index (χ3v) is 4.65. The van der Waals surface area contributed by atoms with Crippen molar-refractivity contribution >= 4 is 28.4 Å². The monoisotopic (exact) mass is 369 g/mol. The molecule has 0 bridgehead atoms. The van der Waals surface area contributed by atoms with Crippen molar-refractivity contribution in [2.24, 2.45) is 0 Å². The maximum absolute atomic E-state index is 13.5. The van der Waals surface area contributed by atoms with Gasteiger partial charge in [0.1, 0.15) is 17.2 Å². The van der Waals surface area contributed by atoms with E-state index in [9.17, 15) is 9.18 Å². The molecule has 0 saturated heterocycles. The first kappa shape index (κ1) is 18.8. The number of rotatable bonds is 4. The van der Waals surface area contributed by atoms with Gasteiger partial charge in [-0.05, 0) is 62.7 Å². The maximum atomic E-state index is 13.5. The van der Waals surface area contributed by atoms with Crippen molar-refractivity contribution in [3.63, 3.8) is 0 Å². The molecule has 0 fully saturated rings. The molecule has 0 unspecified atom stereocenters. The van der Waals surface area contributed by atoms with Crippen LogP contribution in [0.1, 0.15) is 29.9 Å². The summed E-state index contributed by atoms with van der Waals surface area (Å²) in [6.07, 6.45) is 0. The van der Waals surface area contributed by atoms with Crippen LogP contribution >= 0.6 is 0 Å². The molecule has 6 heteroatoms. The Hall–Kier alpha value is -3.02. The Balaban J connectivity index is 1.74. The predicted octanol–water partition coefficient (Wildman–Crippen LogP) is 5.14. The lowest BCUT2D eigenvalue weighted by Gasteiger charge is -2.17. The summed E-state index contributed by atoms with van der Waals surface area (Å²) in [4.78, 5) is 14.4. The highest BCUT2D eigenvalue weighted by Crippen LogP contribution is 2.30. The maximum Gasteiger partial charge on any atom is 0.319 e. The van der Waals surface area contributed by atoms with E-state index in [1.807, 2.05) is 58.0 Å². The Morgan fingerprint density at radius 1 is 1.15 bits per heavy atom. The van der Waals surface area contributed by atoms with Crippen molar-refractivity contribution in [3.8, 4) is 0 Å². The minimum absolute atomic E-state index is 0.312. The number of hydrogen-bond acceptors (Lipinski definition) is 3. The van der Waals surface area contributed by atoms with Crippen LogP contribution in [0.15, 0.2) is 40.8 Å². The summed E-state index contributed by atoms with van der Waals surface area (Å²) in [7, 11) is 3.94. The smallest absolute Gasteiger partial charge is 0.319 e. The number of amides is 2. The number of carbonyl (C=O) groups excluding carboxylic acids is 1. The molecule has 3 aromatic rings. The van der Waals surface area contributed by atoms with Gasteiger partial charge in [0.15, 0.2) is 0 Å². The van der Waals surface area contributed by atoms with Gasteiger partial charge < -0.3 is 20.0 Å². The molecule has 3 rings (SSSR count). The zero-order chi connectivity index (χ0) is 19.7. The topological polar surface area (TPSA) is 57.5 Å². The van der Waals surface area contributed by atoms with E-state index in [0.717, 1.165) is 22.5 Å². The molecule has 2 amide bonds. The summed E-state index contributed by atoms with van der Waals surface area (Å²) >= 11 is 0. The fraction of sp³-hybridized carbons (Fsp3) is 0.286. The van der Waals surface area contributed by atoms with Crippen LogP contribution in [0.3, 0.4) is 0 Å². The zero-order valence-corrected chi connectivity index (χ0v) is 16.2. The van der Waals surface area contributed by atoms with Gasteiger partial charge in [-0.2, -0.15) is 0 Å². The number of aryl methyl sites for hydroxylation is 2. The minimum atomic E-state index is -0.359. The molecule has 0 spiro atoms. The number of halogens is 1. The summed E-state index contributed by atoms with van der Waals surface area (Å²) in [5.74, 6) is 0.304. The third kappa shape index (κ3) is 3.89. The second-order valence-corrected chi connectivity index (χ2v) is 6.95. The molecule has 1 atom stereocenters. The van der Waals surface area contributed by atoms with Crippen molar-refractivity contribution in [2.75, 3.05) is 24.3 Å². The molecule has 5 nitrogen and oxygen atoms in total. The van der Waals surface area contributed by atoms with Crippen LogP contribution in [-0.4, -0.2) is 20.1 Å². The van der Waals surface area contributed by atoms with E-state index in [2.05, 4.69) is 10.6 Å². The Morgan fingerprint density at radius 3 is 2.56 bits per heavy atom. The van der Waals surface area contributed by atoms with Crippen LogP contribution in [-0.2, 0) is 0 Å². The predicted molar refractivity (Wildman–Crippen MR) is 107 cm³/mol. The summed E-state index contributed by atoms with van der Waals surface area (Å²) in [5, 5.41) is 6.46. The number of hydrogen-bond donors (Lipinski definition) is 2. The molecule has 2 N–H and O–H groups in total. The third-order valence-electron chi connectivity index (χ3n) is 4.65. The van der Waals surface area contributed by atoms with Gasteiger partial charge in [0.2, 0.25) is 0 Å². The summed E-state index contributed by atoms with van der Waals surface area (Å²) in [6, 6.07) is 9.56. The Kier molecular flexibility index (Phi) is 5.08. The second-order valence-electron chi connectivity index (χ2n) is 6.95. The average Bonchev–Trinajstić information content (AvgIpc) is 2.93. The molecule has 2 aromatic carbocycles. The van der Waals surface area contributed by atoms with E-state index < -0.39 is 0 Å². The van der Waals surface area contributed by atoms with Crippen molar-refractivity contribution in [3.05, 3.63) is 59.1 Å². The second kappa shape index (κ2) is 7.31. The fourth-order valence-electron chi connectivity index (χ4n) is 3.11. The first-order chi connectivity index (χ1) is 12.8. The number of anilines is 2. The van der Waals surface area contributed by atoms with Gasteiger partial charge in [-0.3, -0.25) is 0 Å². The molecule has 1 aromatic heterocycles. The molecule has 27 heavy (non-hydrogen) atoms. The molecule has 0 aliphatic carbocycles. The fourth-order valence-corrected chi connectivity index (χ4v) is 3.11. The Bertz CT molecular complexity index is 995. The van der Waals surface area contributed by atoms with E-state index in [1.54, 1.807) is 6.07 Å². The van der Waals surface area contributed by atoms with E-state index in [0.29, 0.717) is 16.7 Å². The number of nitrogens with one attached hydrogen (secondary N) is 2. The van der Waals surface area contributed by atoms with E-state index >= 15 is 0 Å². The number of nitrogens with zero attached hydrogens (tertiary/aromatic N) is 1. The largest absolute Gasteiger partial charge is 0.459 e. The van der Waals surface area contributed by atoms with Crippen molar-refractivity contribution in [1.29, 1.82) is 0 Å². The summed E-state index contributed by atoms with van der Waals surface area (Å²) in [5.41, 5.74) is 4.21. The molecule has 142 valence electrons. The Morgan fingerprint density at radius 2 is 1.89 bits per heavy atom. The highest BCUT2D eigenvalue weighted by Gasteiger charge is 2.19. The van der Waals surface area contributed by atoms with E-state index in [-0.39, 0.29) is 17.9 Å². The van der Waals surface area contributed by atoms with E-state index in [1.165, 1.54) is 12.1 Å². The Labute approximate surface area is 158 Å². The number of urea groups is 1. The zero-order valence-electron chi connectivity index (χ0n) is 16.2. The molecular formula is C21H24FN3O2. The van der Waals surface area contributed by atoms with Crippen molar-refractivity contribution < 1.29 is 13.6 Å². The van der Waals surface area contributed by atoms with Crippen LogP contribution in [0.2, 0.25) is 0 Å². The molecule has 0 radical (unpaired) electrons. The highest BCUT2D eigenvalue weighted by molar-refractivity contribution is 5.91. The van der Waals surface area contributed by atoms with Gasteiger partial charge >= 0.3 is 6.03 Å². The lowest BCUT2D eigenvalue weighted by atomic mass is 10.1. The molecule has 0 saturated carbocycles. The van der Waals surface area contributed by atoms with Crippen molar-refractivity contribution in [1.82, 2.24) is 5.32 Å². The lowest BCUT2D eigenvalue weighted by Crippen LogP contribution is -2.31. The standard InChI is InChI=1S/C21H24FN3O2/c1-12-10-16(25(4)5)7-8-18(12)24-21(26)23-14(3)20-13(2)17-11-15(22)6-9-19(17)27-20/h6-11,14H,1-5H3,(H2,23,24,26)/t14-/m1/s1. The normalized spacial score (nSPS) is 12.1. The number of furan rings is 1. The summed E-state index contributed by atoms with van der Waals surface area (Å²) in [6.45, 7) is 5.65. The quantitative estimate of drug-likeness (QED) is 0.670. The van der Waals surface area contributed by atoms with Crippen LogP contribution in [0.4, 0.5) is 20.6 Å². The minimum Gasteiger partial charge on any atom is -0.459 e. The first-order valence-corrected chi connectivity index (χ1v) is 8.80. The molecule has 0 aliphatic heterocycles. The van der Waals surface area contributed by atoms with Crippen LogP contribution in [0, 0.1) is 19.7 Å². The number of benzene rings is 2. The van der Waals surface area contributed by atoms with Gasteiger partial charge in [0, 0.05) is 36.4 Å². The van der Waals surface area contributed by atoms with Crippen LogP contribution in [0.5, 0.6) is 0 Å². The number of fused-ring (bicyclic) bond motifs is 1. The SMILES string of the molecule is Cc1cc(N(C)C)ccc1NC(=O)N[C@H](C)c1oc2ccc(F)cc2c1C. The molecule has 1 heterocycles. The van der Waals surface area contributed by atoms with Gasteiger partial charge in [0.05, 0.1) is 6.04 Å². The van der Waals surface area contributed by atoms with Gasteiger partial charge in [-0.1, -0.05) is 0 Å². The number of carbonyl (C=O) groups is 1. The molecule has 0 aliphatic rings. The van der Waals surface area contributed by atoms with Crippen molar-refractivity contribution in [2.45, 2.75) is 26.8 Å². The van der Waals surface area contributed by atoms with Gasteiger partial charge in [-0.25, -0.2) is 9.18 Å². The van der Waals surface area contributed by atoms with Crippen LogP contribution < -0.4 is 15.5 Å². The van der Waals surface area contributed by atoms with Gasteiger partial charge in [0.25, 0.3) is 0 Å². The van der Waals surface area contributed by atoms with E-state index in [4.69, 9.17) is 4.42 Å². The van der Waals surface area contributed by atoms with Crippen LogP contribution in [0.25, 0.3) is 11.0 Å². The average molecular weight is 369 g/mol. The highest BCUT2D eigenvalue weighted by atomic mass is 19.1. The molecular weight excluding hydrogens is 345 g/mol. The summed E-state index contributed by atoms with van der Waals surface area (Å²) < 4.78 is 19.3. The first-order valence-electron chi connectivity index (χ1n) is 8.80. The van der Waals surface area contributed by atoms with Gasteiger partial charge in [-0.15, -0.1) is 0 Å². The lowest BCUT2D eigenvalue weighted by molar-refractivity contribution is 0.248.